The molecule has 3 heteroatoms. The molecule has 2 N–H and O–H groups in total. The van der Waals surface area contributed by atoms with Gasteiger partial charge in [0.25, 0.3) is 0 Å². The third-order valence-electron chi connectivity index (χ3n) is 3.42. The van der Waals surface area contributed by atoms with Crippen molar-refractivity contribution in [2.24, 2.45) is 0 Å². The Balaban J connectivity index is 1.64. The zero-order valence-corrected chi connectivity index (χ0v) is 13.0. The molecule has 3 aromatic carbocycles. The van der Waals surface area contributed by atoms with E-state index in [-0.39, 0.29) is 0 Å². The molecule has 0 atom stereocenters. The van der Waals surface area contributed by atoms with Gasteiger partial charge >= 0.3 is 130 Å². The monoisotopic (exact) mass is 338 g/mol. The van der Waals surface area contributed by atoms with Crippen LogP contribution in [0.25, 0.3) is 0 Å². The van der Waals surface area contributed by atoms with Crippen LogP contribution in [-0.2, 0) is 0 Å². The van der Waals surface area contributed by atoms with Crippen LogP contribution in [0.3, 0.4) is 0 Å². The Kier molecular flexibility index (Phi) is 3.15. The molecule has 0 aliphatic carbocycles. The van der Waals surface area contributed by atoms with Crippen LogP contribution in [0.1, 0.15) is 0 Å². The van der Waals surface area contributed by atoms with Crippen molar-refractivity contribution in [3.63, 3.8) is 0 Å². The Bertz CT molecular complexity index is 784. The van der Waals surface area contributed by atoms with E-state index in [0.717, 1.165) is 11.4 Å². The molecular weight excluding hydrogens is 323 g/mol. The van der Waals surface area contributed by atoms with Crippen molar-refractivity contribution >= 4 is 46.6 Å². The summed E-state index contributed by atoms with van der Waals surface area (Å²) >= 11 is 0.353. The van der Waals surface area contributed by atoms with Gasteiger partial charge < -0.3 is 0 Å². The van der Waals surface area contributed by atoms with E-state index >= 15 is 0 Å². The molecule has 4 rings (SSSR count). The van der Waals surface area contributed by atoms with Crippen molar-refractivity contribution < 1.29 is 0 Å². The minimum absolute atomic E-state index is 0.353. The van der Waals surface area contributed by atoms with Gasteiger partial charge in [-0.2, -0.15) is 0 Å². The van der Waals surface area contributed by atoms with Crippen LogP contribution in [-0.4, -0.2) is 15.0 Å². The molecule has 0 spiro atoms. The summed E-state index contributed by atoms with van der Waals surface area (Å²) in [6.07, 6.45) is 0. The molecule has 1 aliphatic rings. The number of rotatable bonds is 2. The Morgan fingerprint density at radius 3 is 2.33 bits per heavy atom. The van der Waals surface area contributed by atoms with E-state index < -0.39 is 0 Å². The average Bonchev–Trinajstić information content (AvgIpc) is 2.54. The van der Waals surface area contributed by atoms with Crippen LogP contribution in [0, 0.1) is 0 Å². The number of benzene rings is 3. The third kappa shape index (κ3) is 2.54. The molecule has 0 radical (unpaired) electrons. The second-order valence-electron chi connectivity index (χ2n) is 4.93. The molecule has 0 fully saturated rings. The Morgan fingerprint density at radius 1 is 0.667 bits per heavy atom. The van der Waals surface area contributed by atoms with Gasteiger partial charge in [-0.15, -0.1) is 0 Å². The Labute approximate surface area is 130 Å². The molecule has 0 bridgehead atoms. The predicted molar refractivity (Wildman–Crippen MR) is 90.9 cm³/mol. The topological polar surface area (TPSA) is 24.1 Å². The fourth-order valence-electron chi connectivity index (χ4n) is 2.40. The first kappa shape index (κ1) is 12.5. The summed E-state index contributed by atoms with van der Waals surface area (Å²) in [6.45, 7) is 0. The Hall–Kier alpha value is -2.22. The number of anilines is 4. The van der Waals surface area contributed by atoms with Crippen molar-refractivity contribution in [3.8, 4) is 0 Å². The van der Waals surface area contributed by atoms with Crippen molar-refractivity contribution in [2.75, 3.05) is 10.6 Å². The number of nitrogens with one attached hydrogen (secondary N) is 2. The summed E-state index contributed by atoms with van der Waals surface area (Å²) in [5, 5.41) is 6.98. The summed E-state index contributed by atoms with van der Waals surface area (Å²) in [5.41, 5.74) is 4.73. The van der Waals surface area contributed by atoms with Crippen LogP contribution >= 0.6 is 0 Å². The fourth-order valence-corrected chi connectivity index (χ4v) is 4.55. The molecule has 3 aromatic rings. The van der Waals surface area contributed by atoms with Gasteiger partial charge in [0.15, 0.2) is 0 Å². The molecule has 0 unspecified atom stereocenters. The molecule has 0 saturated heterocycles. The van der Waals surface area contributed by atoms with E-state index in [2.05, 4.69) is 65.2 Å². The maximum absolute atomic E-state index is 3.52. The van der Waals surface area contributed by atoms with Crippen LogP contribution in [0.15, 0.2) is 72.8 Å². The number of hydrogen-bond acceptors (Lipinski definition) is 2. The summed E-state index contributed by atoms with van der Waals surface area (Å²) in [7, 11) is 0. The summed E-state index contributed by atoms with van der Waals surface area (Å²) in [4.78, 5) is 0. The molecule has 0 saturated carbocycles. The van der Waals surface area contributed by atoms with Crippen molar-refractivity contribution in [1.82, 2.24) is 0 Å². The second kappa shape index (κ2) is 5.28. The van der Waals surface area contributed by atoms with Crippen molar-refractivity contribution in [2.45, 2.75) is 0 Å². The first-order valence-corrected chi connectivity index (χ1v) is 8.60. The van der Waals surface area contributed by atoms with E-state index in [0.29, 0.717) is 15.0 Å². The first-order valence-electron chi connectivity index (χ1n) is 6.88. The zero-order chi connectivity index (χ0) is 14.1. The molecule has 0 amide bonds. The van der Waals surface area contributed by atoms with E-state index in [1.165, 1.54) is 20.3 Å². The zero-order valence-electron chi connectivity index (χ0n) is 11.3. The predicted octanol–water partition coefficient (Wildman–Crippen LogP) is 3.14. The maximum atomic E-state index is 3.52. The Morgan fingerprint density at radius 2 is 1.43 bits per heavy atom. The van der Waals surface area contributed by atoms with E-state index in [4.69, 9.17) is 0 Å². The van der Waals surface area contributed by atoms with Gasteiger partial charge in [-0.25, -0.2) is 0 Å². The molecule has 21 heavy (non-hydrogen) atoms. The normalized spacial score (nSPS) is 12.0. The number of para-hydroxylation sites is 2. The van der Waals surface area contributed by atoms with Crippen LogP contribution in [0.5, 0.6) is 0 Å². The van der Waals surface area contributed by atoms with Crippen LogP contribution in [0.4, 0.5) is 22.7 Å². The molecule has 1 aliphatic heterocycles. The van der Waals surface area contributed by atoms with Gasteiger partial charge in [0.1, 0.15) is 0 Å². The van der Waals surface area contributed by atoms with Crippen LogP contribution < -0.4 is 19.6 Å². The van der Waals surface area contributed by atoms with Gasteiger partial charge in [-0.05, 0) is 0 Å². The number of fused-ring (bicyclic) bond motifs is 2. The molecular formula is C18H14N2Se. The van der Waals surface area contributed by atoms with Gasteiger partial charge in [-0.1, -0.05) is 0 Å². The first-order chi connectivity index (χ1) is 10.4. The van der Waals surface area contributed by atoms with Crippen molar-refractivity contribution in [1.29, 1.82) is 0 Å². The van der Waals surface area contributed by atoms with E-state index in [1.807, 2.05) is 18.2 Å². The quantitative estimate of drug-likeness (QED) is 0.549. The standard InChI is InChI=1S/C18H14N2Se/c1-2-6-13(7-3-1)19-14-10-11-16-18(12-14)21-17-9-5-4-8-15(17)20-16/h1-12,19-20H. The molecule has 1 heterocycles. The molecule has 102 valence electrons. The van der Waals surface area contributed by atoms with E-state index in [9.17, 15) is 0 Å². The fraction of sp³-hybridized carbons (Fsp3) is 0. The number of hydrogen-bond donors (Lipinski definition) is 2. The third-order valence-corrected chi connectivity index (χ3v) is 5.80. The summed E-state index contributed by atoms with van der Waals surface area (Å²) in [6, 6.07) is 25.4. The van der Waals surface area contributed by atoms with Gasteiger partial charge in [0.2, 0.25) is 0 Å². The van der Waals surface area contributed by atoms with Gasteiger partial charge in [0, 0.05) is 0 Å². The molecule has 0 aromatic heterocycles. The van der Waals surface area contributed by atoms with E-state index in [1.54, 1.807) is 0 Å². The SMILES string of the molecule is c1ccc(Nc2ccc3c(c2)[Se]c2ccccc2N3)cc1. The van der Waals surface area contributed by atoms with Gasteiger partial charge in [-0.3, -0.25) is 0 Å². The summed E-state index contributed by atoms with van der Waals surface area (Å²) in [5.74, 6) is 0. The summed E-state index contributed by atoms with van der Waals surface area (Å²) < 4.78 is 2.80. The van der Waals surface area contributed by atoms with Gasteiger partial charge in [0.05, 0.1) is 0 Å². The average molecular weight is 337 g/mol. The second-order valence-corrected chi connectivity index (χ2v) is 7.20. The van der Waals surface area contributed by atoms with Crippen LogP contribution in [0.2, 0.25) is 0 Å². The minimum atomic E-state index is 0.353. The molecule has 2 nitrogen and oxygen atoms in total. The van der Waals surface area contributed by atoms with Crippen molar-refractivity contribution in [3.05, 3.63) is 72.8 Å².